The highest BCUT2D eigenvalue weighted by atomic mass is 32.2. The second-order valence-corrected chi connectivity index (χ2v) is 7.57. The molecule has 0 aromatic heterocycles. The minimum atomic E-state index is -3.30. The summed E-state index contributed by atoms with van der Waals surface area (Å²) in [5.41, 5.74) is 0. The SMILES string of the molecule is C#CCS(=O)(=O)CCOCCS(=O)(=O)CC#C. The molecule has 0 atom stereocenters. The Bertz CT molecular complexity index is 454. The van der Waals surface area contributed by atoms with E-state index in [2.05, 4.69) is 0 Å². The molecule has 0 N–H and O–H groups in total. The van der Waals surface area contributed by atoms with Gasteiger partial charge in [0, 0.05) is 0 Å². The number of hydrogen-bond acceptors (Lipinski definition) is 5. The molecule has 96 valence electrons. The normalized spacial score (nSPS) is 11.6. The van der Waals surface area contributed by atoms with Gasteiger partial charge in [-0.1, -0.05) is 11.8 Å². The van der Waals surface area contributed by atoms with Crippen molar-refractivity contribution in [2.75, 3.05) is 36.2 Å². The van der Waals surface area contributed by atoms with Crippen molar-refractivity contribution in [1.82, 2.24) is 0 Å². The van der Waals surface area contributed by atoms with E-state index in [9.17, 15) is 16.8 Å². The zero-order valence-corrected chi connectivity index (χ0v) is 10.9. The molecule has 0 fully saturated rings. The van der Waals surface area contributed by atoms with Gasteiger partial charge in [-0.2, -0.15) is 0 Å². The summed E-state index contributed by atoms with van der Waals surface area (Å²) in [5, 5.41) is 0. The standard InChI is InChI=1S/C10H14O5S2/c1-3-7-16(11,12)9-5-15-6-10-17(13,14)8-4-2/h1-2H,5-10H2. The number of terminal acetylenes is 2. The molecular formula is C10H14O5S2. The third-order valence-corrected chi connectivity index (χ3v) is 4.47. The molecule has 17 heavy (non-hydrogen) atoms. The maximum atomic E-state index is 11.1. The van der Waals surface area contributed by atoms with Crippen molar-refractivity contribution in [3.63, 3.8) is 0 Å². The summed E-state index contributed by atoms with van der Waals surface area (Å²) in [6.45, 7) is -0.148. The maximum absolute atomic E-state index is 11.1. The van der Waals surface area contributed by atoms with Gasteiger partial charge in [0.2, 0.25) is 0 Å². The second-order valence-electron chi connectivity index (χ2n) is 3.20. The molecular weight excluding hydrogens is 264 g/mol. The van der Waals surface area contributed by atoms with Crippen LogP contribution in [0.15, 0.2) is 0 Å². The minimum Gasteiger partial charge on any atom is -0.379 e. The number of hydrogen-bond donors (Lipinski definition) is 0. The van der Waals surface area contributed by atoms with Crippen molar-refractivity contribution in [2.45, 2.75) is 0 Å². The van der Waals surface area contributed by atoms with Gasteiger partial charge in [-0.15, -0.1) is 12.8 Å². The van der Waals surface area contributed by atoms with Gasteiger partial charge in [-0.05, 0) is 0 Å². The zero-order chi connectivity index (χ0) is 13.4. The fourth-order valence-corrected chi connectivity index (χ4v) is 2.41. The Labute approximate surface area is 102 Å². The largest absolute Gasteiger partial charge is 0.379 e. The summed E-state index contributed by atoms with van der Waals surface area (Å²) in [6, 6.07) is 0. The van der Waals surface area contributed by atoms with Crippen molar-refractivity contribution in [3.05, 3.63) is 0 Å². The summed E-state index contributed by atoms with van der Waals surface area (Å²) >= 11 is 0. The van der Waals surface area contributed by atoms with Gasteiger partial charge in [-0.3, -0.25) is 0 Å². The minimum absolute atomic E-state index is 0.0738. The third kappa shape index (κ3) is 8.75. The molecule has 0 saturated carbocycles. The average Bonchev–Trinajstić information content (AvgIpc) is 2.16. The van der Waals surface area contributed by atoms with Crippen LogP contribution in [0.2, 0.25) is 0 Å². The van der Waals surface area contributed by atoms with Gasteiger partial charge < -0.3 is 4.74 Å². The highest BCUT2D eigenvalue weighted by Crippen LogP contribution is 1.92. The predicted octanol–water partition coefficient (Wildman–Crippen LogP) is -0.901. The van der Waals surface area contributed by atoms with Crippen LogP contribution in [0, 0.1) is 24.7 Å². The van der Waals surface area contributed by atoms with E-state index in [0.717, 1.165) is 0 Å². The van der Waals surface area contributed by atoms with Crippen LogP contribution in [0.4, 0.5) is 0 Å². The van der Waals surface area contributed by atoms with E-state index < -0.39 is 19.7 Å². The Morgan fingerprint density at radius 1 is 0.824 bits per heavy atom. The van der Waals surface area contributed by atoms with E-state index in [1.165, 1.54) is 0 Å². The molecule has 0 radical (unpaired) electrons. The summed E-state index contributed by atoms with van der Waals surface area (Å²) in [5.74, 6) is 2.94. The van der Waals surface area contributed by atoms with Crippen LogP contribution in [0.3, 0.4) is 0 Å². The molecule has 0 amide bonds. The molecule has 7 heteroatoms. The molecule has 0 aromatic carbocycles. The van der Waals surface area contributed by atoms with E-state index in [0.29, 0.717) is 0 Å². The summed E-state index contributed by atoms with van der Waals surface area (Å²) < 4.78 is 49.4. The lowest BCUT2D eigenvalue weighted by atomic mass is 10.8. The van der Waals surface area contributed by atoms with Crippen LogP contribution < -0.4 is 0 Å². The first-order valence-electron chi connectivity index (χ1n) is 4.68. The molecule has 0 spiro atoms. The van der Waals surface area contributed by atoms with Gasteiger partial charge in [0.25, 0.3) is 0 Å². The molecule has 0 aliphatic carbocycles. The average molecular weight is 278 g/mol. The lowest BCUT2D eigenvalue weighted by molar-refractivity contribution is 0.165. The monoisotopic (exact) mass is 278 g/mol. The maximum Gasteiger partial charge on any atom is 0.163 e. The Morgan fingerprint density at radius 2 is 1.18 bits per heavy atom. The second kappa shape index (κ2) is 7.33. The van der Waals surface area contributed by atoms with Gasteiger partial charge in [0.05, 0.1) is 24.7 Å². The number of sulfone groups is 2. The molecule has 0 aliphatic heterocycles. The molecule has 0 bridgehead atoms. The number of rotatable bonds is 8. The van der Waals surface area contributed by atoms with Crippen molar-refractivity contribution < 1.29 is 21.6 Å². The summed E-state index contributed by atoms with van der Waals surface area (Å²) in [7, 11) is -6.60. The zero-order valence-electron chi connectivity index (χ0n) is 9.26. The molecule has 0 aliphatic rings. The van der Waals surface area contributed by atoms with Crippen LogP contribution in [-0.2, 0) is 24.4 Å². The van der Waals surface area contributed by atoms with Crippen LogP contribution in [-0.4, -0.2) is 53.1 Å². The fraction of sp³-hybridized carbons (Fsp3) is 0.600. The number of ether oxygens (including phenoxy) is 1. The van der Waals surface area contributed by atoms with E-state index in [1.807, 2.05) is 11.8 Å². The van der Waals surface area contributed by atoms with Gasteiger partial charge in [0.1, 0.15) is 11.5 Å². The van der Waals surface area contributed by atoms with Crippen LogP contribution in [0.5, 0.6) is 0 Å². The van der Waals surface area contributed by atoms with Crippen LogP contribution in [0.1, 0.15) is 0 Å². The molecule has 5 nitrogen and oxygen atoms in total. The Kier molecular flexibility index (Phi) is 6.89. The predicted molar refractivity (Wildman–Crippen MR) is 65.8 cm³/mol. The molecule has 0 saturated heterocycles. The highest BCUT2D eigenvalue weighted by molar-refractivity contribution is 7.91. The van der Waals surface area contributed by atoms with Crippen molar-refractivity contribution in [3.8, 4) is 24.7 Å². The van der Waals surface area contributed by atoms with Crippen molar-refractivity contribution in [2.24, 2.45) is 0 Å². The highest BCUT2D eigenvalue weighted by Gasteiger charge is 2.10. The van der Waals surface area contributed by atoms with E-state index in [4.69, 9.17) is 17.6 Å². The van der Waals surface area contributed by atoms with E-state index in [1.54, 1.807) is 0 Å². The Hall–Kier alpha value is -1.02. The Morgan fingerprint density at radius 3 is 1.47 bits per heavy atom. The topological polar surface area (TPSA) is 77.5 Å². The van der Waals surface area contributed by atoms with E-state index in [-0.39, 0.29) is 36.2 Å². The van der Waals surface area contributed by atoms with E-state index >= 15 is 0 Å². The van der Waals surface area contributed by atoms with Gasteiger partial charge in [0.15, 0.2) is 19.7 Å². The first-order chi connectivity index (χ1) is 7.83. The van der Waals surface area contributed by atoms with Crippen molar-refractivity contribution >= 4 is 19.7 Å². The lowest BCUT2D eigenvalue weighted by Crippen LogP contribution is -2.19. The first-order valence-corrected chi connectivity index (χ1v) is 8.33. The smallest absolute Gasteiger partial charge is 0.163 e. The first kappa shape index (κ1) is 16.0. The molecule has 0 aromatic rings. The van der Waals surface area contributed by atoms with Crippen LogP contribution >= 0.6 is 0 Å². The third-order valence-electron chi connectivity index (χ3n) is 1.68. The molecule has 0 rings (SSSR count). The molecule has 0 heterocycles. The van der Waals surface area contributed by atoms with Crippen LogP contribution in [0.25, 0.3) is 0 Å². The van der Waals surface area contributed by atoms with Gasteiger partial charge >= 0.3 is 0 Å². The summed E-state index contributed by atoms with van der Waals surface area (Å²) in [4.78, 5) is 0. The Balaban J connectivity index is 3.83. The molecule has 0 unspecified atom stereocenters. The summed E-state index contributed by atoms with van der Waals surface area (Å²) in [6.07, 6.45) is 9.73. The fourth-order valence-electron chi connectivity index (χ4n) is 0.872. The van der Waals surface area contributed by atoms with Crippen molar-refractivity contribution in [1.29, 1.82) is 0 Å². The quantitative estimate of drug-likeness (QED) is 0.425. The lowest BCUT2D eigenvalue weighted by Gasteiger charge is -2.03. The van der Waals surface area contributed by atoms with Gasteiger partial charge in [-0.25, -0.2) is 16.8 Å².